The van der Waals surface area contributed by atoms with Crippen molar-refractivity contribution < 1.29 is 19.6 Å². The molecule has 0 spiro atoms. The highest BCUT2D eigenvalue weighted by Gasteiger charge is 2.49. The van der Waals surface area contributed by atoms with Crippen molar-refractivity contribution in [2.45, 2.75) is 6.04 Å². The van der Waals surface area contributed by atoms with E-state index in [1.54, 1.807) is 11.4 Å². The first-order chi connectivity index (χ1) is 14.4. The summed E-state index contributed by atoms with van der Waals surface area (Å²) in [5.41, 5.74) is -0.202. The predicted octanol–water partition coefficient (Wildman–Crippen LogP) is 4.33. The lowest BCUT2D eigenvalue weighted by Crippen LogP contribution is -2.29. The number of carbonyl (C=O) groups excluding carboxylic acids is 2. The number of anilines is 1. The Bertz CT molecular complexity index is 1190. The third-order valence-electron chi connectivity index (χ3n) is 4.62. The molecule has 1 saturated heterocycles. The average Bonchev–Trinajstić information content (AvgIpc) is 3.35. The van der Waals surface area contributed by atoms with Crippen molar-refractivity contribution >= 4 is 51.2 Å². The number of nitrogens with zero attached hydrogens (tertiary/aromatic N) is 3. The minimum atomic E-state index is -1.21. The van der Waals surface area contributed by atoms with Crippen LogP contribution < -0.4 is 4.90 Å². The lowest BCUT2D eigenvalue weighted by molar-refractivity contribution is -0.385. The summed E-state index contributed by atoms with van der Waals surface area (Å²) in [6.45, 7) is 0. The zero-order valence-corrected chi connectivity index (χ0v) is 16.6. The quantitative estimate of drug-likeness (QED) is 0.212. The third-order valence-corrected chi connectivity index (χ3v) is 5.64. The molecule has 2 aromatic carbocycles. The molecule has 1 fully saturated rings. The van der Waals surface area contributed by atoms with Gasteiger partial charge in [-0.15, -0.1) is 11.3 Å². The smallest absolute Gasteiger partial charge is 0.301 e. The van der Waals surface area contributed by atoms with Crippen LogP contribution in [-0.4, -0.2) is 26.7 Å². The second-order valence-electron chi connectivity index (χ2n) is 6.31. The topological polar surface area (TPSA) is 114 Å². The maximum atomic E-state index is 12.9. The maximum Gasteiger partial charge on any atom is 0.301 e. The van der Waals surface area contributed by atoms with E-state index in [-0.39, 0.29) is 27.5 Å². The SMILES string of the molecule is O=C1C(=O)N(c2nccs2)[C@@H](c2ccccc2[N+](=O)[O-])C1=C(O)c1ccc(Cl)cc1. The maximum absolute atomic E-state index is 12.9. The standard InChI is InChI=1S/C20H12ClN3O5S/c21-12-7-5-11(6-8-12)17(25)15-16(13-3-1-2-4-14(13)24(28)29)23(19(27)18(15)26)20-22-9-10-30-20/h1-10,16,25H/t16-/m0/s1. The van der Waals surface area contributed by atoms with Crippen LogP contribution in [0.15, 0.2) is 65.7 Å². The van der Waals surface area contributed by atoms with Gasteiger partial charge in [0, 0.05) is 28.2 Å². The number of amides is 1. The van der Waals surface area contributed by atoms with E-state index in [0.717, 1.165) is 16.2 Å². The fourth-order valence-electron chi connectivity index (χ4n) is 3.31. The number of halogens is 1. The molecular formula is C20H12ClN3O5S. The molecule has 0 aliphatic carbocycles. The number of Topliss-reactive ketones (excluding diaryl/α,β-unsaturated/α-hetero) is 1. The molecule has 4 rings (SSSR count). The molecule has 3 aromatic rings. The van der Waals surface area contributed by atoms with Crippen molar-refractivity contribution in [2.24, 2.45) is 0 Å². The van der Waals surface area contributed by atoms with Gasteiger partial charge in [-0.2, -0.15) is 0 Å². The molecule has 1 aromatic heterocycles. The molecule has 150 valence electrons. The third kappa shape index (κ3) is 3.23. The Morgan fingerprint density at radius 1 is 1.17 bits per heavy atom. The number of nitro groups is 1. The number of thiazole rings is 1. The molecule has 1 atom stereocenters. The van der Waals surface area contributed by atoms with Crippen LogP contribution in [0, 0.1) is 10.1 Å². The molecule has 1 aliphatic rings. The molecule has 0 saturated carbocycles. The van der Waals surface area contributed by atoms with Crippen LogP contribution in [0.3, 0.4) is 0 Å². The zero-order valence-electron chi connectivity index (χ0n) is 15.1. The highest BCUT2D eigenvalue weighted by molar-refractivity contribution is 7.14. The number of hydrogen-bond acceptors (Lipinski definition) is 7. The molecule has 8 nitrogen and oxygen atoms in total. The van der Waals surface area contributed by atoms with E-state index in [0.29, 0.717) is 5.02 Å². The van der Waals surface area contributed by atoms with Gasteiger partial charge in [-0.3, -0.25) is 24.6 Å². The summed E-state index contributed by atoms with van der Waals surface area (Å²) in [5.74, 6) is -2.34. The highest BCUT2D eigenvalue weighted by Crippen LogP contribution is 2.45. The van der Waals surface area contributed by atoms with Crippen molar-refractivity contribution in [1.82, 2.24) is 4.98 Å². The van der Waals surface area contributed by atoms with Gasteiger partial charge in [-0.1, -0.05) is 23.7 Å². The number of aliphatic hydroxyl groups is 1. The highest BCUT2D eigenvalue weighted by atomic mass is 35.5. The van der Waals surface area contributed by atoms with Crippen LogP contribution in [0.25, 0.3) is 5.76 Å². The van der Waals surface area contributed by atoms with Crippen LogP contribution in [0.1, 0.15) is 17.2 Å². The Morgan fingerprint density at radius 2 is 1.87 bits per heavy atom. The Balaban J connectivity index is 2.00. The van der Waals surface area contributed by atoms with Crippen LogP contribution >= 0.6 is 22.9 Å². The number of carbonyl (C=O) groups is 2. The van der Waals surface area contributed by atoms with Crippen molar-refractivity contribution in [3.05, 3.63) is 91.9 Å². The van der Waals surface area contributed by atoms with Gasteiger partial charge in [0.05, 0.1) is 16.1 Å². The molecule has 0 radical (unpaired) electrons. The van der Waals surface area contributed by atoms with Crippen molar-refractivity contribution in [3.63, 3.8) is 0 Å². The first-order valence-electron chi connectivity index (χ1n) is 8.60. The lowest BCUT2D eigenvalue weighted by atomic mass is 9.94. The first-order valence-corrected chi connectivity index (χ1v) is 9.85. The summed E-state index contributed by atoms with van der Waals surface area (Å²) in [7, 11) is 0. The second-order valence-corrected chi connectivity index (χ2v) is 7.62. The Morgan fingerprint density at radius 3 is 2.50 bits per heavy atom. The Kier molecular flexibility index (Phi) is 5.06. The minimum absolute atomic E-state index is 0.0902. The van der Waals surface area contributed by atoms with Gasteiger partial charge < -0.3 is 5.11 Å². The van der Waals surface area contributed by atoms with Gasteiger partial charge in [-0.05, 0) is 30.3 Å². The second kappa shape index (κ2) is 7.69. The van der Waals surface area contributed by atoms with Crippen LogP contribution in [0.4, 0.5) is 10.8 Å². The fourth-order valence-corrected chi connectivity index (χ4v) is 4.10. The summed E-state index contributed by atoms with van der Waals surface area (Å²) in [5, 5.41) is 24.8. The molecule has 2 heterocycles. The van der Waals surface area contributed by atoms with Gasteiger partial charge in [0.2, 0.25) is 0 Å². The summed E-state index contributed by atoms with van der Waals surface area (Å²) in [4.78, 5) is 42.0. The van der Waals surface area contributed by atoms with Crippen LogP contribution in [-0.2, 0) is 9.59 Å². The summed E-state index contributed by atoms with van der Waals surface area (Å²) in [6, 6.07) is 10.6. The average molecular weight is 442 g/mol. The van der Waals surface area contributed by atoms with Crippen molar-refractivity contribution in [2.75, 3.05) is 4.90 Å². The normalized spacial score (nSPS) is 18.0. The van der Waals surface area contributed by atoms with Crippen LogP contribution in [0.2, 0.25) is 5.02 Å². The van der Waals surface area contributed by atoms with E-state index in [1.807, 2.05) is 0 Å². The van der Waals surface area contributed by atoms with E-state index in [2.05, 4.69) is 4.98 Å². The number of benzene rings is 2. The first kappa shape index (κ1) is 19.7. The summed E-state index contributed by atoms with van der Waals surface area (Å²) < 4.78 is 0. The number of hydrogen-bond donors (Lipinski definition) is 1. The molecule has 0 unspecified atom stereocenters. The largest absolute Gasteiger partial charge is 0.507 e. The van der Waals surface area contributed by atoms with E-state index in [9.17, 15) is 24.8 Å². The summed E-state index contributed by atoms with van der Waals surface area (Å²) >= 11 is 6.99. The number of nitro benzene ring substituents is 1. The van der Waals surface area contributed by atoms with Crippen molar-refractivity contribution in [1.29, 1.82) is 0 Å². The van der Waals surface area contributed by atoms with Gasteiger partial charge in [0.15, 0.2) is 5.13 Å². The van der Waals surface area contributed by atoms with Gasteiger partial charge in [0.25, 0.3) is 11.5 Å². The fraction of sp³-hybridized carbons (Fsp3) is 0.0500. The van der Waals surface area contributed by atoms with Gasteiger partial charge in [0.1, 0.15) is 11.8 Å². The van der Waals surface area contributed by atoms with E-state index in [4.69, 9.17) is 11.6 Å². The monoisotopic (exact) mass is 441 g/mol. The van der Waals surface area contributed by atoms with Gasteiger partial charge in [-0.25, -0.2) is 4.98 Å². The van der Waals surface area contributed by atoms with Crippen LogP contribution in [0.5, 0.6) is 0 Å². The van der Waals surface area contributed by atoms with E-state index >= 15 is 0 Å². The number of aromatic nitrogens is 1. The minimum Gasteiger partial charge on any atom is -0.507 e. The summed E-state index contributed by atoms with van der Waals surface area (Å²) in [6.07, 6.45) is 1.45. The number of ketones is 1. The number of para-hydroxylation sites is 1. The molecule has 10 heteroatoms. The molecule has 1 amide bonds. The molecular weight excluding hydrogens is 430 g/mol. The van der Waals surface area contributed by atoms with E-state index in [1.165, 1.54) is 48.7 Å². The van der Waals surface area contributed by atoms with Gasteiger partial charge >= 0.3 is 5.91 Å². The Hall–Kier alpha value is -3.56. The Labute approximate surface area is 178 Å². The molecule has 1 aliphatic heterocycles. The predicted molar refractivity (Wildman–Crippen MR) is 111 cm³/mol. The van der Waals surface area contributed by atoms with E-state index < -0.39 is 28.4 Å². The number of aliphatic hydroxyl groups excluding tert-OH is 1. The molecule has 1 N–H and O–H groups in total. The molecule has 0 bridgehead atoms. The number of rotatable bonds is 4. The molecule has 30 heavy (non-hydrogen) atoms. The van der Waals surface area contributed by atoms with Crippen molar-refractivity contribution in [3.8, 4) is 0 Å². The zero-order chi connectivity index (χ0) is 21.4. The lowest BCUT2D eigenvalue weighted by Gasteiger charge is -2.22.